The van der Waals surface area contributed by atoms with Gasteiger partial charge in [0.25, 0.3) is 0 Å². The number of anilines is 1. The molecule has 1 aliphatic rings. The summed E-state index contributed by atoms with van der Waals surface area (Å²) >= 11 is 0. The summed E-state index contributed by atoms with van der Waals surface area (Å²) in [7, 11) is 0. The Morgan fingerprint density at radius 3 is 2.43 bits per heavy atom. The average molecular weight is 291 g/mol. The summed E-state index contributed by atoms with van der Waals surface area (Å²) < 4.78 is 5.12. The molecule has 1 fully saturated rings. The smallest absolute Gasteiger partial charge is 0.335 e. The first kappa shape index (κ1) is 15.0. The highest BCUT2D eigenvalue weighted by molar-refractivity contribution is 5.99. The van der Waals surface area contributed by atoms with E-state index < -0.39 is 11.9 Å². The van der Waals surface area contributed by atoms with Gasteiger partial charge in [-0.25, -0.2) is 4.79 Å². The second-order valence-electron chi connectivity index (χ2n) is 5.24. The highest BCUT2D eigenvalue weighted by Crippen LogP contribution is 2.26. The van der Waals surface area contributed by atoms with E-state index in [1.807, 2.05) is 0 Å². The molecular weight excluding hydrogens is 274 g/mol. The van der Waals surface area contributed by atoms with Gasteiger partial charge in [0.15, 0.2) is 0 Å². The van der Waals surface area contributed by atoms with Gasteiger partial charge in [-0.05, 0) is 38.1 Å². The zero-order valence-corrected chi connectivity index (χ0v) is 11.9. The summed E-state index contributed by atoms with van der Waals surface area (Å²) in [5.74, 6) is -2.03. The lowest BCUT2D eigenvalue weighted by atomic mass is 10.1. The molecule has 1 heterocycles. The molecule has 21 heavy (non-hydrogen) atoms. The van der Waals surface area contributed by atoms with E-state index >= 15 is 0 Å². The Morgan fingerprint density at radius 1 is 1.29 bits per heavy atom. The highest BCUT2D eigenvalue weighted by atomic mass is 16.5. The normalized spacial score (nSPS) is 18.1. The number of carboxylic acids is 1. The number of hydrogen-bond donors (Lipinski definition) is 1. The van der Waals surface area contributed by atoms with Gasteiger partial charge in [0, 0.05) is 18.7 Å². The maximum absolute atomic E-state index is 12.0. The van der Waals surface area contributed by atoms with Crippen molar-refractivity contribution in [3.05, 3.63) is 29.8 Å². The quantitative estimate of drug-likeness (QED) is 0.853. The second-order valence-corrected chi connectivity index (χ2v) is 5.24. The fraction of sp³-hybridized carbons (Fsp3) is 0.400. The molecule has 112 valence electrons. The third-order valence-corrected chi connectivity index (χ3v) is 3.24. The molecule has 1 atom stereocenters. The second kappa shape index (κ2) is 5.95. The number of ether oxygens (including phenoxy) is 1. The van der Waals surface area contributed by atoms with Crippen LogP contribution < -0.4 is 4.90 Å². The molecule has 0 saturated carbocycles. The van der Waals surface area contributed by atoms with Crippen molar-refractivity contribution in [1.82, 2.24) is 0 Å². The number of amides is 1. The van der Waals surface area contributed by atoms with E-state index in [0.717, 1.165) is 0 Å². The number of hydrogen-bond acceptors (Lipinski definition) is 4. The maximum atomic E-state index is 12.0. The van der Waals surface area contributed by atoms with Gasteiger partial charge in [-0.3, -0.25) is 9.59 Å². The summed E-state index contributed by atoms with van der Waals surface area (Å²) in [6.45, 7) is 3.78. The van der Waals surface area contributed by atoms with E-state index in [1.54, 1.807) is 26.0 Å². The van der Waals surface area contributed by atoms with Crippen molar-refractivity contribution in [2.45, 2.75) is 26.4 Å². The van der Waals surface area contributed by atoms with E-state index in [-0.39, 0.29) is 36.5 Å². The van der Waals surface area contributed by atoms with Gasteiger partial charge >= 0.3 is 11.9 Å². The fourth-order valence-electron chi connectivity index (χ4n) is 2.23. The first-order valence-electron chi connectivity index (χ1n) is 6.72. The van der Waals surface area contributed by atoms with Gasteiger partial charge < -0.3 is 14.7 Å². The topological polar surface area (TPSA) is 83.9 Å². The third-order valence-electron chi connectivity index (χ3n) is 3.24. The van der Waals surface area contributed by atoms with Crippen molar-refractivity contribution < 1.29 is 24.2 Å². The van der Waals surface area contributed by atoms with Gasteiger partial charge in [0.2, 0.25) is 5.91 Å². The van der Waals surface area contributed by atoms with E-state index in [1.165, 1.54) is 17.0 Å². The first-order valence-corrected chi connectivity index (χ1v) is 6.72. The number of carbonyl (C=O) groups excluding carboxylic acids is 2. The van der Waals surface area contributed by atoms with Crippen molar-refractivity contribution >= 4 is 23.5 Å². The van der Waals surface area contributed by atoms with Crippen LogP contribution in [-0.4, -0.2) is 35.6 Å². The lowest BCUT2D eigenvalue weighted by Gasteiger charge is -2.17. The molecule has 0 bridgehead atoms. The molecule has 6 heteroatoms. The number of aromatic carboxylic acids is 1. The molecule has 6 nitrogen and oxygen atoms in total. The van der Waals surface area contributed by atoms with Crippen LogP contribution in [0.4, 0.5) is 5.69 Å². The SMILES string of the molecule is CC(C)OC(=O)[C@H]1CC(=O)N(c2ccc(C(=O)O)cc2)C1. The van der Waals surface area contributed by atoms with Crippen molar-refractivity contribution in [3.8, 4) is 0 Å². The zero-order valence-electron chi connectivity index (χ0n) is 11.9. The van der Waals surface area contributed by atoms with Crippen LogP contribution in [0.2, 0.25) is 0 Å². The molecule has 1 saturated heterocycles. The molecular formula is C15H17NO5. The number of esters is 1. The fourth-order valence-corrected chi connectivity index (χ4v) is 2.23. The third kappa shape index (κ3) is 3.39. The predicted molar refractivity (Wildman–Crippen MR) is 75.1 cm³/mol. The van der Waals surface area contributed by atoms with E-state index in [0.29, 0.717) is 5.69 Å². The van der Waals surface area contributed by atoms with E-state index in [9.17, 15) is 14.4 Å². The summed E-state index contributed by atoms with van der Waals surface area (Å²) in [4.78, 5) is 36.1. The van der Waals surface area contributed by atoms with E-state index in [2.05, 4.69) is 0 Å². The largest absolute Gasteiger partial charge is 0.478 e. The number of nitrogens with zero attached hydrogens (tertiary/aromatic N) is 1. The van der Waals surface area contributed by atoms with Gasteiger partial charge in [0.05, 0.1) is 17.6 Å². The Labute approximate surface area is 122 Å². The average Bonchev–Trinajstić information content (AvgIpc) is 2.80. The predicted octanol–water partition coefficient (Wildman–Crippen LogP) is 1.69. The van der Waals surface area contributed by atoms with E-state index in [4.69, 9.17) is 9.84 Å². The van der Waals surface area contributed by atoms with Gasteiger partial charge in [-0.15, -0.1) is 0 Å². The molecule has 0 radical (unpaired) electrons. The van der Waals surface area contributed by atoms with Crippen LogP contribution in [0.3, 0.4) is 0 Å². The Hall–Kier alpha value is -2.37. The molecule has 0 spiro atoms. The Balaban J connectivity index is 2.09. The van der Waals surface area contributed by atoms with Crippen LogP contribution in [0.1, 0.15) is 30.6 Å². The molecule has 0 unspecified atom stereocenters. The summed E-state index contributed by atoms with van der Waals surface area (Å²) in [6.07, 6.45) is -0.0943. The van der Waals surface area contributed by atoms with Gasteiger partial charge in [0.1, 0.15) is 0 Å². The van der Waals surface area contributed by atoms with Crippen molar-refractivity contribution in [3.63, 3.8) is 0 Å². The van der Waals surface area contributed by atoms with Crippen LogP contribution in [-0.2, 0) is 14.3 Å². The summed E-state index contributed by atoms with van der Waals surface area (Å²) in [5, 5.41) is 8.85. The molecule has 0 aromatic heterocycles. The lowest BCUT2D eigenvalue weighted by Crippen LogP contribution is -2.27. The van der Waals surface area contributed by atoms with Gasteiger partial charge in [-0.2, -0.15) is 0 Å². The monoisotopic (exact) mass is 291 g/mol. The van der Waals surface area contributed by atoms with Crippen LogP contribution in [0.25, 0.3) is 0 Å². The van der Waals surface area contributed by atoms with Crippen molar-refractivity contribution in [2.24, 2.45) is 5.92 Å². The molecule has 1 aromatic carbocycles. The molecule has 0 aliphatic carbocycles. The molecule has 1 aromatic rings. The zero-order chi connectivity index (χ0) is 15.6. The summed E-state index contributed by atoms with van der Waals surface area (Å²) in [5.41, 5.74) is 0.742. The highest BCUT2D eigenvalue weighted by Gasteiger charge is 2.36. The van der Waals surface area contributed by atoms with Crippen molar-refractivity contribution in [1.29, 1.82) is 0 Å². The number of rotatable bonds is 4. The van der Waals surface area contributed by atoms with Gasteiger partial charge in [-0.1, -0.05) is 0 Å². The molecule has 1 amide bonds. The molecule has 1 N–H and O–H groups in total. The van der Waals surface area contributed by atoms with Crippen molar-refractivity contribution in [2.75, 3.05) is 11.4 Å². The standard InChI is InChI=1S/C15H17NO5/c1-9(2)21-15(20)11-7-13(17)16(8-11)12-5-3-10(4-6-12)14(18)19/h3-6,9,11H,7-8H2,1-2H3,(H,18,19)/t11-/m0/s1. The number of carbonyl (C=O) groups is 3. The molecule has 1 aliphatic heterocycles. The number of carboxylic acid groups (broad SMARTS) is 1. The van der Waals surface area contributed by atoms with Crippen LogP contribution in [0.5, 0.6) is 0 Å². The summed E-state index contributed by atoms with van der Waals surface area (Å²) in [6, 6.07) is 6.00. The Kier molecular flexibility index (Phi) is 4.26. The van der Waals surface area contributed by atoms with Crippen LogP contribution >= 0.6 is 0 Å². The molecule has 2 rings (SSSR count). The minimum absolute atomic E-state index is 0.117. The maximum Gasteiger partial charge on any atom is 0.335 e. The minimum Gasteiger partial charge on any atom is -0.478 e. The van der Waals surface area contributed by atoms with Crippen LogP contribution in [0, 0.1) is 5.92 Å². The Morgan fingerprint density at radius 2 is 1.90 bits per heavy atom. The number of benzene rings is 1. The van der Waals surface area contributed by atoms with Crippen LogP contribution in [0.15, 0.2) is 24.3 Å². The Bertz CT molecular complexity index is 564. The lowest BCUT2D eigenvalue weighted by molar-refractivity contribution is -0.152. The minimum atomic E-state index is -1.02. The first-order chi connectivity index (χ1) is 9.88.